The predicted octanol–water partition coefficient (Wildman–Crippen LogP) is 2.98. The standard InChI is InChI=1S/C14H23N/c1-2-5-11-6-4-7-12-9-15-10-14(12)13(11)8-3-1/h4,6,11-15H,1-3,5,7-10H2. The minimum atomic E-state index is 0.919. The summed E-state index contributed by atoms with van der Waals surface area (Å²) in [5.41, 5.74) is 0. The lowest BCUT2D eigenvalue weighted by molar-refractivity contribution is 0.223. The van der Waals surface area contributed by atoms with Crippen molar-refractivity contribution < 1.29 is 0 Å². The second-order valence-electron chi connectivity index (χ2n) is 5.71. The number of hydrogen-bond donors (Lipinski definition) is 1. The first-order valence-corrected chi connectivity index (χ1v) is 6.82. The van der Waals surface area contributed by atoms with Crippen LogP contribution in [0, 0.1) is 23.7 Å². The first-order chi connectivity index (χ1) is 7.45. The Labute approximate surface area is 93.3 Å². The first-order valence-electron chi connectivity index (χ1n) is 6.82. The van der Waals surface area contributed by atoms with Crippen molar-refractivity contribution in [1.82, 2.24) is 5.32 Å². The van der Waals surface area contributed by atoms with Gasteiger partial charge in [0.05, 0.1) is 0 Å². The van der Waals surface area contributed by atoms with Gasteiger partial charge in [-0.05, 0) is 56.0 Å². The van der Waals surface area contributed by atoms with E-state index < -0.39 is 0 Å². The molecule has 15 heavy (non-hydrogen) atoms. The van der Waals surface area contributed by atoms with Crippen molar-refractivity contribution in [3.05, 3.63) is 12.2 Å². The number of nitrogens with one attached hydrogen (secondary N) is 1. The normalized spacial score (nSPS) is 45.3. The van der Waals surface area contributed by atoms with E-state index in [0.717, 1.165) is 23.7 Å². The van der Waals surface area contributed by atoms with Gasteiger partial charge in [-0.1, -0.05) is 31.4 Å². The molecule has 1 N–H and O–H groups in total. The van der Waals surface area contributed by atoms with Crippen LogP contribution in [-0.2, 0) is 0 Å². The molecule has 0 aromatic carbocycles. The summed E-state index contributed by atoms with van der Waals surface area (Å²) in [5, 5.41) is 3.61. The average Bonchev–Trinajstić information content (AvgIpc) is 2.49. The molecule has 0 aromatic heterocycles. The summed E-state index contributed by atoms with van der Waals surface area (Å²) in [5.74, 6) is 3.87. The van der Waals surface area contributed by atoms with Gasteiger partial charge in [0.15, 0.2) is 0 Å². The molecule has 0 bridgehead atoms. The van der Waals surface area contributed by atoms with Crippen LogP contribution in [0.4, 0.5) is 0 Å². The van der Waals surface area contributed by atoms with Crippen molar-refractivity contribution in [1.29, 1.82) is 0 Å². The molecule has 2 fully saturated rings. The highest BCUT2D eigenvalue weighted by Gasteiger charge is 2.37. The van der Waals surface area contributed by atoms with E-state index in [2.05, 4.69) is 17.5 Å². The molecule has 0 amide bonds. The molecule has 84 valence electrons. The second-order valence-corrected chi connectivity index (χ2v) is 5.71. The van der Waals surface area contributed by atoms with Crippen LogP contribution in [0.2, 0.25) is 0 Å². The maximum atomic E-state index is 3.61. The lowest BCUT2D eigenvalue weighted by Crippen LogP contribution is -2.26. The minimum Gasteiger partial charge on any atom is -0.316 e. The van der Waals surface area contributed by atoms with E-state index in [1.165, 1.54) is 51.6 Å². The van der Waals surface area contributed by atoms with E-state index in [0.29, 0.717) is 0 Å². The van der Waals surface area contributed by atoms with Gasteiger partial charge in [0.2, 0.25) is 0 Å². The van der Waals surface area contributed by atoms with Gasteiger partial charge in [-0.3, -0.25) is 0 Å². The fourth-order valence-corrected chi connectivity index (χ4v) is 4.08. The van der Waals surface area contributed by atoms with Crippen molar-refractivity contribution in [2.24, 2.45) is 23.7 Å². The fourth-order valence-electron chi connectivity index (χ4n) is 4.08. The lowest BCUT2D eigenvalue weighted by atomic mass is 9.75. The molecule has 1 heterocycles. The maximum absolute atomic E-state index is 3.61. The molecule has 4 unspecified atom stereocenters. The van der Waals surface area contributed by atoms with E-state index in [9.17, 15) is 0 Å². The first kappa shape index (κ1) is 9.89. The van der Waals surface area contributed by atoms with Crippen molar-refractivity contribution in [3.8, 4) is 0 Å². The zero-order chi connectivity index (χ0) is 10.1. The number of fused-ring (bicyclic) bond motifs is 3. The van der Waals surface area contributed by atoms with Crippen molar-refractivity contribution in [2.45, 2.75) is 38.5 Å². The van der Waals surface area contributed by atoms with E-state index in [1.54, 1.807) is 0 Å². The highest BCUT2D eigenvalue weighted by atomic mass is 14.9. The largest absolute Gasteiger partial charge is 0.316 e. The molecule has 0 radical (unpaired) electrons. The van der Waals surface area contributed by atoms with Crippen molar-refractivity contribution in [3.63, 3.8) is 0 Å². The summed E-state index contributed by atoms with van der Waals surface area (Å²) in [6.45, 7) is 2.58. The van der Waals surface area contributed by atoms with Gasteiger partial charge in [-0.25, -0.2) is 0 Å². The molecular weight excluding hydrogens is 182 g/mol. The summed E-state index contributed by atoms with van der Waals surface area (Å²) >= 11 is 0. The molecule has 0 aromatic rings. The summed E-state index contributed by atoms with van der Waals surface area (Å²) in [7, 11) is 0. The van der Waals surface area contributed by atoms with E-state index >= 15 is 0 Å². The van der Waals surface area contributed by atoms with Crippen LogP contribution in [-0.4, -0.2) is 13.1 Å². The Bertz CT molecular complexity index is 246. The minimum absolute atomic E-state index is 0.919. The highest BCUT2D eigenvalue weighted by Crippen LogP contribution is 2.42. The summed E-state index contributed by atoms with van der Waals surface area (Å²) < 4.78 is 0. The third kappa shape index (κ3) is 1.87. The molecule has 1 aliphatic heterocycles. The zero-order valence-corrected chi connectivity index (χ0v) is 9.62. The third-order valence-electron chi connectivity index (χ3n) is 4.89. The smallest absolute Gasteiger partial charge is 0.00142 e. The van der Waals surface area contributed by atoms with Crippen molar-refractivity contribution in [2.75, 3.05) is 13.1 Å². The summed E-state index contributed by atoms with van der Waals surface area (Å²) in [4.78, 5) is 0. The second kappa shape index (κ2) is 4.29. The van der Waals surface area contributed by atoms with Gasteiger partial charge in [0.1, 0.15) is 0 Å². The Hall–Kier alpha value is -0.300. The molecule has 1 saturated carbocycles. The van der Waals surface area contributed by atoms with Gasteiger partial charge >= 0.3 is 0 Å². The van der Waals surface area contributed by atoms with Gasteiger partial charge in [-0.15, -0.1) is 0 Å². The van der Waals surface area contributed by atoms with Crippen LogP contribution in [0.15, 0.2) is 12.2 Å². The van der Waals surface area contributed by atoms with Crippen molar-refractivity contribution >= 4 is 0 Å². The fraction of sp³-hybridized carbons (Fsp3) is 0.857. The van der Waals surface area contributed by atoms with E-state index in [4.69, 9.17) is 0 Å². The average molecular weight is 205 g/mol. The molecule has 3 aliphatic rings. The van der Waals surface area contributed by atoms with Gasteiger partial charge in [0, 0.05) is 0 Å². The Morgan fingerprint density at radius 3 is 2.87 bits per heavy atom. The lowest BCUT2D eigenvalue weighted by Gasteiger charge is -2.29. The quantitative estimate of drug-likeness (QED) is 0.599. The Morgan fingerprint density at radius 1 is 0.933 bits per heavy atom. The van der Waals surface area contributed by atoms with Crippen LogP contribution in [0.25, 0.3) is 0 Å². The Balaban J connectivity index is 1.83. The van der Waals surface area contributed by atoms with Crippen LogP contribution >= 0.6 is 0 Å². The molecule has 1 nitrogen and oxygen atoms in total. The highest BCUT2D eigenvalue weighted by molar-refractivity contribution is 5.03. The van der Waals surface area contributed by atoms with Crippen LogP contribution in [0.3, 0.4) is 0 Å². The molecule has 1 saturated heterocycles. The van der Waals surface area contributed by atoms with Gasteiger partial charge < -0.3 is 5.32 Å². The topological polar surface area (TPSA) is 12.0 Å². The SMILES string of the molecule is C1=CC2CCCCCC2C2CNCC2C1. The Kier molecular flexibility index (Phi) is 2.83. The summed E-state index contributed by atoms with van der Waals surface area (Å²) in [6, 6.07) is 0. The Morgan fingerprint density at radius 2 is 1.87 bits per heavy atom. The van der Waals surface area contributed by atoms with Crippen LogP contribution in [0.5, 0.6) is 0 Å². The predicted molar refractivity (Wildman–Crippen MR) is 63.7 cm³/mol. The molecule has 0 spiro atoms. The molecule has 4 atom stereocenters. The molecule has 2 aliphatic carbocycles. The number of allylic oxidation sites excluding steroid dienone is 2. The molecule has 1 heteroatoms. The van der Waals surface area contributed by atoms with E-state index in [-0.39, 0.29) is 0 Å². The van der Waals surface area contributed by atoms with Crippen LogP contribution < -0.4 is 5.32 Å². The number of hydrogen-bond acceptors (Lipinski definition) is 1. The van der Waals surface area contributed by atoms with Gasteiger partial charge in [0.25, 0.3) is 0 Å². The number of rotatable bonds is 0. The third-order valence-corrected chi connectivity index (χ3v) is 4.89. The van der Waals surface area contributed by atoms with E-state index in [1.807, 2.05) is 0 Å². The molecule has 3 rings (SSSR count). The molecular formula is C14H23N. The maximum Gasteiger partial charge on any atom is -0.00142 e. The monoisotopic (exact) mass is 205 g/mol. The van der Waals surface area contributed by atoms with Gasteiger partial charge in [-0.2, -0.15) is 0 Å². The zero-order valence-electron chi connectivity index (χ0n) is 9.62. The van der Waals surface area contributed by atoms with Crippen LogP contribution in [0.1, 0.15) is 38.5 Å². The summed E-state index contributed by atoms with van der Waals surface area (Å²) in [6.07, 6.45) is 13.8.